The molecule has 0 aliphatic heterocycles. The Kier molecular flexibility index (Phi) is 2.60. The highest BCUT2D eigenvalue weighted by Gasteiger charge is 2.12. The Hall–Kier alpha value is -1.55. The second-order valence-electron chi connectivity index (χ2n) is 3.60. The van der Waals surface area contributed by atoms with Gasteiger partial charge in [-0.3, -0.25) is 0 Å². The lowest BCUT2D eigenvalue weighted by molar-refractivity contribution is 0.546. The fourth-order valence-electron chi connectivity index (χ4n) is 1.63. The lowest BCUT2D eigenvalue weighted by atomic mass is 10.2. The summed E-state index contributed by atoms with van der Waals surface area (Å²) in [5.41, 5.74) is 7.47. The molecule has 80 valence electrons. The summed E-state index contributed by atoms with van der Waals surface area (Å²) in [6, 6.07) is 3.87. The number of imidazole rings is 1. The average Bonchev–Trinajstić information content (AvgIpc) is 2.73. The molecule has 0 unspecified atom stereocenters. The van der Waals surface area contributed by atoms with Gasteiger partial charge in [0.15, 0.2) is 5.76 Å². The van der Waals surface area contributed by atoms with Crippen LogP contribution in [0, 0.1) is 13.8 Å². The molecule has 2 aromatic rings. The molecule has 2 heterocycles. The maximum absolute atomic E-state index is 5.55. The Morgan fingerprint density at radius 3 is 2.80 bits per heavy atom. The number of furan rings is 1. The average molecular weight is 205 g/mol. The standard InChI is InChI=1S/C11H15N3O/c1-7-3-4-10(15-7)11-9(5-6-12)13-8(2)14-11/h3-4H,5-6,12H2,1-2H3,(H,13,14). The van der Waals surface area contributed by atoms with Crippen molar-refractivity contribution in [3.05, 3.63) is 29.4 Å². The largest absolute Gasteiger partial charge is 0.460 e. The van der Waals surface area contributed by atoms with Gasteiger partial charge >= 0.3 is 0 Å². The number of hydrogen-bond acceptors (Lipinski definition) is 3. The van der Waals surface area contributed by atoms with Gasteiger partial charge < -0.3 is 15.1 Å². The van der Waals surface area contributed by atoms with Gasteiger partial charge in [0.2, 0.25) is 0 Å². The van der Waals surface area contributed by atoms with Crippen molar-refractivity contribution >= 4 is 0 Å². The summed E-state index contributed by atoms with van der Waals surface area (Å²) in [7, 11) is 0. The predicted octanol–water partition coefficient (Wildman–Crippen LogP) is 1.79. The number of aryl methyl sites for hydroxylation is 2. The molecule has 0 atom stereocenters. The number of aromatic amines is 1. The van der Waals surface area contributed by atoms with Gasteiger partial charge in [-0.15, -0.1) is 0 Å². The van der Waals surface area contributed by atoms with Gasteiger partial charge in [-0.05, 0) is 32.5 Å². The fourth-order valence-corrected chi connectivity index (χ4v) is 1.63. The summed E-state index contributed by atoms with van der Waals surface area (Å²) >= 11 is 0. The number of H-pyrrole nitrogens is 1. The van der Waals surface area contributed by atoms with Gasteiger partial charge in [0, 0.05) is 12.1 Å². The van der Waals surface area contributed by atoms with Crippen LogP contribution in [0.1, 0.15) is 17.3 Å². The number of nitrogens with two attached hydrogens (primary N) is 1. The van der Waals surface area contributed by atoms with Crippen LogP contribution in [0.25, 0.3) is 11.5 Å². The first-order valence-electron chi connectivity index (χ1n) is 5.03. The van der Waals surface area contributed by atoms with E-state index in [1.807, 2.05) is 26.0 Å². The molecule has 3 N–H and O–H groups in total. The molecule has 0 aromatic carbocycles. The van der Waals surface area contributed by atoms with Crippen LogP contribution in [0.3, 0.4) is 0 Å². The third-order valence-corrected chi connectivity index (χ3v) is 2.27. The van der Waals surface area contributed by atoms with Crippen molar-refractivity contribution in [1.82, 2.24) is 9.97 Å². The molecule has 0 aliphatic rings. The van der Waals surface area contributed by atoms with Crippen molar-refractivity contribution < 1.29 is 4.42 Å². The van der Waals surface area contributed by atoms with Crippen LogP contribution in [0.5, 0.6) is 0 Å². The van der Waals surface area contributed by atoms with Crippen LogP contribution < -0.4 is 5.73 Å². The smallest absolute Gasteiger partial charge is 0.154 e. The van der Waals surface area contributed by atoms with Crippen molar-refractivity contribution in [1.29, 1.82) is 0 Å². The second-order valence-corrected chi connectivity index (χ2v) is 3.60. The molecule has 2 rings (SSSR count). The molecule has 0 radical (unpaired) electrons. The van der Waals surface area contributed by atoms with Gasteiger partial charge in [-0.1, -0.05) is 0 Å². The number of nitrogens with zero attached hydrogens (tertiary/aromatic N) is 1. The van der Waals surface area contributed by atoms with Crippen molar-refractivity contribution in [2.75, 3.05) is 6.54 Å². The van der Waals surface area contributed by atoms with Gasteiger partial charge in [-0.25, -0.2) is 4.98 Å². The number of aromatic nitrogens is 2. The zero-order valence-electron chi connectivity index (χ0n) is 9.00. The molecule has 0 saturated carbocycles. The highest BCUT2D eigenvalue weighted by molar-refractivity contribution is 5.56. The minimum Gasteiger partial charge on any atom is -0.460 e. The van der Waals surface area contributed by atoms with Crippen LogP contribution in [-0.4, -0.2) is 16.5 Å². The van der Waals surface area contributed by atoms with E-state index in [1.54, 1.807) is 0 Å². The highest BCUT2D eigenvalue weighted by Crippen LogP contribution is 2.23. The topological polar surface area (TPSA) is 67.8 Å². The van der Waals surface area contributed by atoms with Gasteiger partial charge in [0.1, 0.15) is 17.3 Å². The van der Waals surface area contributed by atoms with E-state index in [9.17, 15) is 0 Å². The number of hydrogen-bond donors (Lipinski definition) is 2. The number of nitrogens with one attached hydrogen (secondary N) is 1. The van der Waals surface area contributed by atoms with Gasteiger partial charge in [0.25, 0.3) is 0 Å². The minimum absolute atomic E-state index is 0.605. The van der Waals surface area contributed by atoms with Crippen LogP contribution in [0.2, 0.25) is 0 Å². The summed E-state index contributed by atoms with van der Waals surface area (Å²) in [6.07, 6.45) is 0.788. The molecule has 2 aromatic heterocycles. The van der Waals surface area contributed by atoms with E-state index in [0.717, 1.165) is 35.2 Å². The quantitative estimate of drug-likeness (QED) is 0.802. The molecule has 0 aliphatic carbocycles. The Labute approximate surface area is 88.5 Å². The van der Waals surface area contributed by atoms with E-state index in [1.165, 1.54) is 0 Å². The molecule has 0 saturated heterocycles. The SMILES string of the molecule is Cc1nc(-c2ccc(C)o2)c(CCN)[nH]1. The van der Waals surface area contributed by atoms with Crippen molar-refractivity contribution in [2.45, 2.75) is 20.3 Å². The Balaban J connectivity index is 2.42. The van der Waals surface area contributed by atoms with E-state index >= 15 is 0 Å². The first-order chi connectivity index (χ1) is 7.20. The van der Waals surface area contributed by atoms with E-state index < -0.39 is 0 Å². The fraction of sp³-hybridized carbons (Fsp3) is 0.364. The molecular weight excluding hydrogens is 190 g/mol. The number of rotatable bonds is 3. The molecule has 0 spiro atoms. The first-order valence-corrected chi connectivity index (χ1v) is 5.03. The molecular formula is C11H15N3O. The van der Waals surface area contributed by atoms with Crippen molar-refractivity contribution in [3.8, 4) is 11.5 Å². The monoisotopic (exact) mass is 205 g/mol. The molecule has 0 amide bonds. The lowest BCUT2D eigenvalue weighted by Gasteiger charge is -1.97. The summed E-state index contributed by atoms with van der Waals surface area (Å²) in [5, 5.41) is 0. The zero-order valence-corrected chi connectivity index (χ0v) is 9.00. The van der Waals surface area contributed by atoms with E-state index in [2.05, 4.69) is 9.97 Å². The maximum atomic E-state index is 5.55. The third kappa shape index (κ3) is 1.94. The van der Waals surface area contributed by atoms with Crippen LogP contribution in [0.15, 0.2) is 16.5 Å². The molecule has 4 nitrogen and oxygen atoms in total. The van der Waals surface area contributed by atoms with Crippen molar-refractivity contribution in [2.24, 2.45) is 5.73 Å². The van der Waals surface area contributed by atoms with Crippen LogP contribution >= 0.6 is 0 Å². The minimum atomic E-state index is 0.605. The second kappa shape index (κ2) is 3.90. The lowest BCUT2D eigenvalue weighted by Crippen LogP contribution is -2.03. The summed E-state index contributed by atoms with van der Waals surface area (Å²) in [6.45, 7) is 4.46. The van der Waals surface area contributed by atoms with Crippen molar-refractivity contribution in [3.63, 3.8) is 0 Å². The zero-order chi connectivity index (χ0) is 10.8. The third-order valence-electron chi connectivity index (χ3n) is 2.27. The molecule has 4 heteroatoms. The first kappa shape index (κ1) is 9.98. The van der Waals surface area contributed by atoms with Crippen LogP contribution in [-0.2, 0) is 6.42 Å². The van der Waals surface area contributed by atoms with E-state index in [-0.39, 0.29) is 0 Å². The predicted molar refractivity (Wildman–Crippen MR) is 58.5 cm³/mol. The van der Waals surface area contributed by atoms with Gasteiger partial charge in [-0.2, -0.15) is 0 Å². The Bertz CT molecular complexity index is 456. The maximum Gasteiger partial charge on any atom is 0.154 e. The molecule has 0 bridgehead atoms. The van der Waals surface area contributed by atoms with Gasteiger partial charge in [0.05, 0.1) is 0 Å². The highest BCUT2D eigenvalue weighted by atomic mass is 16.3. The van der Waals surface area contributed by atoms with E-state index in [4.69, 9.17) is 10.2 Å². The normalized spacial score (nSPS) is 10.9. The summed E-state index contributed by atoms with van der Waals surface area (Å²) < 4.78 is 5.55. The summed E-state index contributed by atoms with van der Waals surface area (Å²) in [5.74, 6) is 2.59. The van der Waals surface area contributed by atoms with E-state index in [0.29, 0.717) is 6.54 Å². The summed E-state index contributed by atoms with van der Waals surface area (Å²) in [4.78, 5) is 7.61. The van der Waals surface area contributed by atoms with Crippen LogP contribution in [0.4, 0.5) is 0 Å². The Morgan fingerprint density at radius 1 is 1.40 bits per heavy atom. The molecule has 0 fully saturated rings. The Morgan fingerprint density at radius 2 is 2.20 bits per heavy atom. The molecule has 15 heavy (non-hydrogen) atoms.